The van der Waals surface area contributed by atoms with Crippen LogP contribution in [0, 0.1) is 5.92 Å². The third-order valence-electron chi connectivity index (χ3n) is 2.11. The number of ether oxygens (including phenoxy) is 1. The summed E-state index contributed by atoms with van der Waals surface area (Å²) in [5.74, 6) is 1.07. The van der Waals surface area contributed by atoms with Gasteiger partial charge in [-0.2, -0.15) is 0 Å². The van der Waals surface area contributed by atoms with Crippen molar-refractivity contribution in [1.82, 2.24) is 0 Å². The summed E-state index contributed by atoms with van der Waals surface area (Å²) in [7, 11) is 0. The molecule has 1 N–H and O–H groups in total. The van der Waals surface area contributed by atoms with Crippen LogP contribution in [-0.4, -0.2) is 12.5 Å². The van der Waals surface area contributed by atoms with Gasteiger partial charge in [0, 0.05) is 12.1 Å². The first-order valence-electron chi connectivity index (χ1n) is 5.75. The predicted molar refractivity (Wildman–Crippen MR) is 70.7 cm³/mol. The van der Waals surface area contributed by atoms with Crippen molar-refractivity contribution >= 4 is 23.2 Å². The van der Waals surface area contributed by atoms with Crippen molar-refractivity contribution < 1.29 is 9.53 Å². The van der Waals surface area contributed by atoms with E-state index in [4.69, 9.17) is 16.3 Å². The molecule has 0 heterocycles. The zero-order valence-electron chi connectivity index (χ0n) is 10.4. The minimum absolute atomic E-state index is 0.0306. The molecule has 3 nitrogen and oxygen atoms in total. The molecule has 0 aliphatic carbocycles. The summed E-state index contributed by atoms with van der Waals surface area (Å²) in [5.41, 5.74) is 0.693. The van der Waals surface area contributed by atoms with Gasteiger partial charge in [0.25, 0.3) is 0 Å². The summed E-state index contributed by atoms with van der Waals surface area (Å²) in [6.45, 7) is 6.57. The molecule has 0 unspecified atom stereocenters. The summed E-state index contributed by atoms with van der Waals surface area (Å²) >= 11 is 6.06. The van der Waals surface area contributed by atoms with Crippen LogP contribution >= 0.6 is 11.6 Å². The number of nitrogens with one attached hydrogen (secondary N) is 1. The molecule has 0 radical (unpaired) electrons. The van der Waals surface area contributed by atoms with Crippen LogP contribution in [-0.2, 0) is 4.79 Å². The minimum Gasteiger partial charge on any atom is -0.492 e. The lowest BCUT2D eigenvalue weighted by molar-refractivity contribution is -0.115. The molecule has 1 aromatic rings. The molecule has 4 heteroatoms. The molecular weight excluding hydrogens is 238 g/mol. The van der Waals surface area contributed by atoms with Crippen molar-refractivity contribution in [3.63, 3.8) is 0 Å². The molecular formula is C13H18ClNO2. The van der Waals surface area contributed by atoms with Gasteiger partial charge in [-0.1, -0.05) is 32.4 Å². The third-order valence-corrected chi connectivity index (χ3v) is 2.40. The molecule has 0 fully saturated rings. The van der Waals surface area contributed by atoms with E-state index in [1.54, 1.807) is 25.1 Å². The highest BCUT2D eigenvalue weighted by molar-refractivity contribution is 6.32. The number of halogens is 1. The van der Waals surface area contributed by atoms with Crippen LogP contribution in [0.2, 0.25) is 5.02 Å². The molecule has 17 heavy (non-hydrogen) atoms. The fraction of sp³-hybridized carbons (Fsp3) is 0.462. The lowest BCUT2D eigenvalue weighted by atomic mass is 10.2. The highest BCUT2D eigenvalue weighted by Gasteiger charge is 2.05. The molecule has 1 amide bonds. The Morgan fingerprint density at radius 3 is 2.71 bits per heavy atom. The normalized spacial score (nSPS) is 10.4. The molecule has 94 valence electrons. The lowest BCUT2D eigenvalue weighted by Crippen LogP contribution is -2.09. The van der Waals surface area contributed by atoms with E-state index in [9.17, 15) is 4.79 Å². The Labute approximate surface area is 107 Å². The van der Waals surface area contributed by atoms with Gasteiger partial charge < -0.3 is 10.1 Å². The Balaban J connectivity index is 2.69. The zero-order valence-corrected chi connectivity index (χ0v) is 11.2. The van der Waals surface area contributed by atoms with E-state index in [0.717, 1.165) is 0 Å². The fourth-order valence-electron chi connectivity index (χ4n) is 1.20. The highest BCUT2D eigenvalue weighted by atomic mass is 35.5. The smallest absolute Gasteiger partial charge is 0.224 e. The van der Waals surface area contributed by atoms with Crippen molar-refractivity contribution in [2.75, 3.05) is 11.9 Å². The van der Waals surface area contributed by atoms with E-state index in [-0.39, 0.29) is 5.91 Å². The van der Waals surface area contributed by atoms with Gasteiger partial charge in [-0.25, -0.2) is 0 Å². The Kier molecular flexibility index (Phi) is 5.29. The van der Waals surface area contributed by atoms with Gasteiger partial charge in [0.2, 0.25) is 5.91 Å². The second-order valence-corrected chi connectivity index (χ2v) is 4.66. The fourth-order valence-corrected chi connectivity index (χ4v) is 1.44. The molecule has 0 spiro atoms. The van der Waals surface area contributed by atoms with E-state index in [0.29, 0.717) is 35.4 Å². The van der Waals surface area contributed by atoms with Gasteiger partial charge in [-0.3, -0.25) is 4.79 Å². The van der Waals surface area contributed by atoms with Crippen LogP contribution in [0.15, 0.2) is 18.2 Å². The van der Waals surface area contributed by atoms with Crippen molar-refractivity contribution in [3.8, 4) is 5.75 Å². The number of carbonyl (C=O) groups excluding carboxylic acids is 1. The summed E-state index contributed by atoms with van der Waals surface area (Å²) in [6, 6.07) is 5.26. The monoisotopic (exact) mass is 255 g/mol. The first kappa shape index (κ1) is 13.8. The van der Waals surface area contributed by atoms with Crippen molar-refractivity contribution in [2.24, 2.45) is 5.92 Å². The Bertz CT molecular complexity index is 391. The highest BCUT2D eigenvalue weighted by Crippen LogP contribution is 2.28. The van der Waals surface area contributed by atoms with Crippen LogP contribution < -0.4 is 10.1 Å². The van der Waals surface area contributed by atoms with Gasteiger partial charge >= 0.3 is 0 Å². The predicted octanol–water partition coefficient (Wildman–Crippen LogP) is 3.72. The maximum absolute atomic E-state index is 11.2. The Morgan fingerprint density at radius 1 is 1.47 bits per heavy atom. The van der Waals surface area contributed by atoms with Crippen molar-refractivity contribution in [2.45, 2.75) is 27.2 Å². The van der Waals surface area contributed by atoms with Crippen molar-refractivity contribution in [3.05, 3.63) is 23.2 Å². The van der Waals surface area contributed by atoms with Crippen LogP contribution in [0.1, 0.15) is 27.2 Å². The summed E-state index contributed by atoms with van der Waals surface area (Å²) in [4.78, 5) is 11.2. The SMILES string of the molecule is CCC(=O)Nc1ccc(OCC(C)C)c(Cl)c1. The number of anilines is 1. The van der Waals surface area contributed by atoms with Crippen LogP contribution in [0.3, 0.4) is 0 Å². The van der Waals surface area contributed by atoms with Crippen molar-refractivity contribution in [1.29, 1.82) is 0 Å². The van der Waals surface area contributed by atoms with E-state index >= 15 is 0 Å². The topological polar surface area (TPSA) is 38.3 Å². The maximum atomic E-state index is 11.2. The van der Waals surface area contributed by atoms with Crippen LogP contribution in [0.5, 0.6) is 5.75 Å². The van der Waals surface area contributed by atoms with Gasteiger partial charge in [0.05, 0.1) is 11.6 Å². The van der Waals surface area contributed by atoms with Gasteiger partial charge in [0.1, 0.15) is 5.75 Å². The zero-order chi connectivity index (χ0) is 12.8. The number of hydrogen-bond acceptors (Lipinski definition) is 2. The van der Waals surface area contributed by atoms with Gasteiger partial charge in [0.15, 0.2) is 0 Å². The summed E-state index contributed by atoms with van der Waals surface area (Å²) in [6.07, 6.45) is 0.448. The van der Waals surface area contributed by atoms with Crippen LogP contribution in [0.4, 0.5) is 5.69 Å². The third kappa shape index (κ3) is 4.65. The number of carbonyl (C=O) groups is 1. The quantitative estimate of drug-likeness (QED) is 0.871. The Morgan fingerprint density at radius 2 is 2.18 bits per heavy atom. The second-order valence-electron chi connectivity index (χ2n) is 4.25. The lowest BCUT2D eigenvalue weighted by Gasteiger charge is -2.11. The minimum atomic E-state index is -0.0306. The van der Waals surface area contributed by atoms with Gasteiger partial charge in [-0.05, 0) is 24.1 Å². The van der Waals surface area contributed by atoms with Gasteiger partial charge in [-0.15, -0.1) is 0 Å². The molecule has 0 aliphatic heterocycles. The molecule has 0 bridgehead atoms. The van der Waals surface area contributed by atoms with Crippen LogP contribution in [0.25, 0.3) is 0 Å². The molecule has 0 saturated carbocycles. The average molecular weight is 256 g/mol. The molecule has 0 aliphatic rings. The molecule has 1 rings (SSSR count). The number of amides is 1. The standard InChI is InChI=1S/C13H18ClNO2/c1-4-13(16)15-10-5-6-12(11(14)7-10)17-8-9(2)3/h5-7,9H,4,8H2,1-3H3,(H,15,16). The largest absolute Gasteiger partial charge is 0.492 e. The van der Waals surface area contributed by atoms with E-state index in [1.165, 1.54) is 0 Å². The molecule has 1 aromatic carbocycles. The molecule has 0 saturated heterocycles. The second kappa shape index (κ2) is 6.50. The summed E-state index contributed by atoms with van der Waals surface area (Å²) in [5, 5.41) is 3.26. The first-order valence-corrected chi connectivity index (χ1v) is 6.13. The van der Waals surface area contributed by atoms with E-state index in [1.807, 2.05) is 0 Å². The number of hydrogen-bond donors (Lipinski definition) is 1. The number of rotatable bonds is 5. The van der Waals surface area contributed by atoms with E-state index in [2.05, 4.69) is 19.2 Å². The van der Waals surface area contributed by atoms with E-state index < -0.39 is 0 Å². The average Bonchev–Trinajstić information content (AvgIpc) is 2.27. The summed E-state index contributed by atoms with van der Waals surface area (Å²) < 4.78 is 5.54. The first-order chi connectivity index (χ1) is 8.02. The molecule has 0 atom stereocenters. The molecule has 0 aromatic heterocycles. The number of benzene rings is 1. The maximum Gasteiger partial charge on any atom is 0.224 e. The Hall–Kier alpha value is -1.22.